The lowest BCUT2D eigenvalue weighted by Crippen LogP contribution is -2.54. The number of aromatic nitrogens is 2. The molecule has 1 unspecified atom stereocenters. The number of carbonyl (C=O) groups excluding carboxylic acids is 2. The van der Waals surface area contributed by atoms with E-state index in [-0.39, 0.29) is 11.8 Å². The van der Waals surface area contributed by atoms with Crippen LogP contribution in [-0.4, -0.2) is 52.6 Å². The molecule has 3 heterocycles. The number of methoxy groups -OCH3 is 1. The van der Waals surface area contributed by atoms with E-state index in [0.29, 0.717) is 49.6 Å². The molecule has 1 fully saturated rings. The van der Waals surface area contributed by atoms with Crippen LogP contribution in [0, 0.1) is 0 Å². The smallest absolute Gasteiger partial charge is 0.253 e. The summed E-state index contributed by atoms with van der Waals surface area (Å²) in [6.07, 6.45) is 4.08. The van der Waals surface area contributed by atoms with Crippen molar-refractivity contribution in [2.24, 2.45) is 0 Å². The molecule has 182 valence electrons. The Hall–Kier alpha value is -3.36. The molecule has 0 radical (unpaired) electrons. The van der Waals surface area contributed by atoms with Crippen molar-refractivity contribution >= 4 is 23.4 Å². The number of hydrogen-bond donors (Lipinski definition) is 1. The largest absolute Gasteiger partial charge is 0.497 e. The van der Waals surface area contributed by atoms with Crippen LogP contribution in [0.1, 0.15) is 34.6 Å². The minimum Gasteiger partial charge on any atom is -0.497 e. The third kappa shape index (κ3) is 4.76. The first-order chi connectivity index (χ1) is 17.0. The first-order valence-electron chi connectivity index (χ1n) is 11.6. The number of benzene rings is 2. The van der Waals surface area contributed by atoms with E-state index in [2.05, 4.69) is 10.3 Å². The summed E-state index contributed by atoms with van der Waals surface area (Å²) in [4.78, 5) is 32.4. The summed E-state index contributed by atoms with van der Waals surface area (Å²) in [6.45, 7) is 1.79. The van der Waals surface area contributed by atoms with Gasteiger partial charge in [-0.15, -0.1) is 0 Å². The molecular weight excluding hydrogens is 468 g/mol. The number of carbonyl (C=O) groups is 2. The van der Waals surface area contributed by atoms with E-state index in [1.807, 2.05) is 35.0 Å². The van der Waals surface area contributed by atoms with Gasteiger partial charge in [-0.3, -0.25) is 9.59 Å². The first kappa shape index (κ1) is 23.4. The standard InChI is InChI=1S/C26H27ClN4O4/c1-34-21-7-5-18(6-8-21)16-29-23(32)22-17-31-14-11-28-25(31)26(35-22)9-12-30(13-10-26)24(33)19-3-2-4-20(27)15-19/h2-8,11,14-15,22H,9-10,12-13,16-17H2,1H3,(H,29,32). The molecule has 1 saturated heterocycles. The molecule has 3 aromatic rings. The molecule has 2 amide bonds. The first-order valence-corrected chi connectivity index (χ1v) is 12.0. The van der Waals surface area contributed by atoms with Crippen LogP contribution in [0.15, 0.2) is 60.9 Å². The molecule has 8 nitrogen and oxygen atoms in total. The topological polar surface area (TPSA) is 85.7 Å². The quantitative estimate of drug-likeness (QED) is 0.587. The van der Waals surface area contributed by atoms with Crippen LogP contribution in [0.4, 0.5) is 0 Å². The number of hydrogen-bond acceptors (Lipinski definition) is 5. The van der Waals surface area contributed by atoms with Crippen LogP contribution < -0.4 is 10.1 Å². The zero-order valence-electron chi connectivity index (χ0n) is 19.4. The molecule has 1 N–H and O–H groups in total. The highest BCUT2D eigenvalue weighted by molar-refractivity contribution is 6.30. The summed E-state index contributed by atoms with van der Waals surface area (Å²) < 4.78 is 13.6. The van der Waals surface area contributed by atoms with Crippen LogP contribution in [-0.2, 0) is 28.2 Å². The lowest BCUT2D eigenvalue weighted by atomic mass is 9.88. The van der Waals surface area contributed by atoms with Gasteiger partial charge in [-0.25, -0.2) is 4.98 Å². The molecule has 1 spiro atoms. The lowest BCUT2D eigenvalue weighted by Gasteiger charge is -2.45. The van der Waals surface area contributed by atoms with Crippen molar-refractivity contribution in [3.8, 4) is 5.75 Å². The molecule has 0 bridgehead atoms. The van der Waals surface area contributed by atoms with Gasteiger partial charge in [0.1, 0.15) is 17.2 Å². The van der Waals surface area contributed by atoms with Crippen LogP contribution in [0.5, 0.6) is 5.75 Å². The van der Waals surface area contributed by atoms with Crippen molar-refractivity contribution in [3.63, 3.8) is 0 Å². The van der Waals surface area contributed by atoms with Gasteiger partial charge in [0.25, 0.3) is 11.8 Å². The molecule has 2 aromatic carbocycles. The molecule has 1 atom stereocenters. The van der Waals surface area contributed by atoms with E-state index < -0.39 is 11.7 Å². The normalized spacial score (nSPS) is 18.7. The molecule has 2 aliphatic rings. The Bertz CT molecular complexity index is 1220. The predicted molar refractivity (Wildman–Crippen MR) is 130 cm³/mol. The van der Waals surface area contributed by atoms with Gasteiger partial charge in [0.2, 0.25) is 0 Å². The van der Waals surface area contributed by atoms with Crippen molar-refractivity contribution in [2.45, 2.75) is 37.6 Å². The summed E-state index contributed by atoms with van der Waals surface area (Å²) in [7, 11) is 1.62. The summed E-state index contributed by atoms with van der Waals surface area (Å²) in [6, 6.07) is 14.5. The maximum Gasteiger partial charge on any atom is 0.253 e. The van der Waals surface area contributed by atoms with E-state index in [1.165, 1.54) is 0 Å². The van der Waals surface area contributed by atoms with Crippen molar-refractivity contribution in [1.29, 1.82) is 0 Å². The number of fused-ring (bicyclic) bond motifs is 2. The fourth-order valence-corrected chi connectivity index (χ4v) is 4.99. The fraction of sp³-hybridized carbons (Fsp3) is 0.346. The molecule has 2 aliphatic heterocycles. The Kier molecular flexibility index (Phi) is 6.49. The summed E-state index contributed by atoms with van der Waals surface area (Å²) >= 11 is 6.07. The second kappa shape index (κ2) is 9.71. The summed E-state index contributed by atoms with van der Waals surface area (Å²) in [5, 5.41) is 3.52. The average molecular weight is 495 g/mol. The number of ether oxygens (including phenoxy) is 2. The molecule has 0 saturated carbocycles. The van der Waals surface area contributed by atoms with Crippen molar-refractivity contribution in [3.05, 3.63) is 82.9 Å². The van der Waals surface area contributed by atoms with Gasteiger partial charge >= 0.3 is 0 Å². The minimum absolute atomic E-state index is 0.0599. The van der Waals surface area contributed by atoms with Gasteiger partial charge in [0.15, 0.2) is 6.10 Å². The van der Waals surface area contributed by atoms with Crippen molar-refractivity contribution in [2.75, 3.05) is 20.2 Å². The van der Waals surface area contributed by atoms with E-state index in [0.717, 1.165) is 17.1 Å². The van der Waals surface area contributed by atoms with Gasteiger partial charge in [0, 0.05) is 55.5 Å². The number of nitrogens with zero attached hydrogens (tertiary/aromatic N) is 3. The zero-order chi connectivity index (χ0) is 24.4. The van der Waals surface area contributed by atoms with Gasteiger partial charge in [-0.05, 0) is 35.9 Å². The second-order valence-corrected chi connectivity index (χ2v) is 9.31. The Labute approximate surface area is 208 Å². The van der Waals surface area contributed by atoms with E-state index in [9.17, 15) is 9.59 Å². The van der Waals surface area contributed by atoms with Crippen molar-refractivity contribution < 1.29 is 19.1 Å². The van der Waals surface area contributed by atoms with Crippen molar-refractivity contribution in [1.82, 2.24) is 19.8 Å². The predicted octanol–water partition coefficient (Wildman–Crippen LogP) is 3.39. The van der Waals surface area contributed by atoms with Crippen LogP contribution in [0.25, 0.3) is 0 Å². The van der Waals surface area contributed by atoms with Crippen LogP contribution in [0.2, 0.25) is 5.02 Å². The SMILES string of the molecule is COc1ccc(CNC(=O)C2Cn3ccnc3C3(CCN(C(=O)c4cccc(Cl)c4)CC3)O2)cc1. The zero-order valence-corrected chi connectivity index (χ0v) is 20.2. The molecule has 0 aliphatic carbocycles. The highest BCUT2D eigenvalue weighted by Gasteiger charge is 2.47. The van der Waals surface area contributed by atoms with Gasteiger partial charge in [0.05, 0.1) is 13.7 Å². The van der Waals surface area contributed by atoms with Crippen LogP contribution >= 0.6 is 11.6 Å². The maximum atomic E-state index is 13.1. The highest BCUT2D eigenvalue weighted by Crippen LogP contribution is 2.40. The highest BCUT2D eigenvalue weighted by atomic mass is 35.5. The van der Waals surface area contributed by atoms with E-state index >= 15 is 0 Å². The summed E-state index contributed by atoms with van der Waals surface area (Å²) in [5.41, 5.74) is 0.825. The number of halogens is 1. The number of rotatable bonds is 5. The van der Waals surface area contributed by atoms with Gasteiger partial charge in [-0.1, -0.05) is 29.8 Å². The number of imidazole rings is 1. The number of likely N-dealkylation sites (tertiary alicyclic amines) is 1. The minimum atomic E-state index is -0.713. The summed E-state index contributed by atoms with van der Waals surface area (Å²) in [5.74, 6) is 1.35. The average Bonchev–Trinajstić information content (AvgIpc) is 3.37. The number of amides is 2. The molecular formula is C26H27ClN4O4. The Morgan fingerprint density at radius 3 is 2.69 bits per heavy atom. The third-order valence-corrected chi connectivity index (χ3v) is 6.94. The molecule has 1 aromatic heterocycles. The monoisotopic (exact) mass is 494 g/mol. The number of piperidine rings is 1. The Balaban J connectivity index is 1.26. The Morgan fingerprint density at radius 1 is 1.20 bits per heavy atom. The van der Waals surface area contributed by atoms with E-state index in [4.69, 9.17) is 21.1 Å². The maximum absolute atomic E-state index is 13.1. The third-order valence-electron chi connectivity index (χ3n) is 6.70. The second-order valence-electron chi connectivity index (χ2n) is 8.87. The van der Waals surface area contributed by atoms with Gasteiger partial charge in [-0.2, -0.15) is 0 Å². The fourth-order valence-electron chi connectivity index (χ4n) is 4.80. The lowest BCUT2D eigenvalue weighted by molar-refractivity contribution is -0.172. The Morgan fingerprint density at radius 2 is 1.97 bits per heavy atom. The van der Waals surface area contributed by atoms with Crippen LogP contribution in [0.3, 0.4) is 0 Å². The molecule has 35 heavy (non-hydrogen) atoms. The number of nitrogens with one attached hydrogen (secondary N) is 1. The van der Waals surface area contributed by atoms with E-state index in [1.54, 1.807) is 42.5 Å². The van der Waals surface area contributed by atoms with Gasteiger partial charge < -0.3 is 24.3 Å². The molecule has 5 rings (SSSR count). The molecule has 9 heteroatoms.